The number of benzene rings is 2. The Morgan fingerprint density at radius 2 is 1.81 bits per heavy atom. The first-order valence-electron chi connectivity index (χ1n) is 9.16. The highest BCUT2D eigenvalue weighted by atomic mass is 32.1. The smallest absolute Gasteiger partial charge is 0.260 e. The van der Waals surface area contributed by atoms with Crippen molar-refractivity contribution in [3.05, 3.63) is 59.2 Å². The Bertz CT molecular complexity index is 828. The summed E-state index contributed by atoms with van der Waals surface area (Å²) in [5.41, 5.74) is 3.82. The zero-order valence-electron chi connectivity index (χ0n) is 15.7. The molecule has 0 amide bonds. The van der Waals surface area contributed by atoms with Gasteiger partial charge in [0.1, 0.15) is 6.61 Å². The van der Waals surface area contributed by atoms with Crippen molar-refractivity contribution in [3.63, 3.8) is 0 Å². The van der Waals surface area contributed by atoms with E-state index >= 15 is 0 Å². The predicted octanol–water partition coefficient (Wildman–Crippen LogP) is 3.23. The number of methoxy groups -OCH3 is 2. The van der Waals surface area contributed by atoms with Crippen molar-refractivity contribution in [2.45, 2.75) is 12.5 Å². The first-order chi connectivity index (χ1) is 13.2. The molecule has 2 aliphatic heterocycles. The molecule has 5 nitrogen and oxygen atoms in total. The van der Waals surface area contributed by atoms with Gasteiger partial charge < -0.3 is 19.1 Å². The summed E-state index contributed by atoms with van der Waals surface area (Å²) >= 11 is 5.35. The van der Waals surface area contributed by atoms with Crippen molar-refractivity contribution >= 4 is 17.4 Å². The third-order valence-corrected chi connectivity index (χ3v) is 5.66. The fourth-order valence-corrected chi connectivity index (χ4v) is 4.18. The van der Waals surface area contributed by atoms with Crippen LogP contribution < -0.4 is 9.47 Å². The maximum absolute atomic E-state index is 5.58. The van der Waals surface area contributed by atoms with Gasteiger partial charge in [-0.05, 0) is 47.5 Å². The van der Waals surface area contributed by atoms with E-state index in [1.807, 2.05) is 0 Å². The second kappa shape index (κ2) is 7.74. The van der Waals surface area contributed by atoms with Gasteiger partial charge in [-0.15, -0.1) is 0 Å². The van der Waals surface area contributed by atoms with Gasteiger partial charge in [0.25, 0.3) is 5.17 Å². The molecule has 2 aromatic carbocycles. The highest BCUT2D eigenvalue weighted by Crippen LogP contribution is 2.41. The molecule has 0 spiro atoms. The number of nitrogens with zero attached hydrogens (tertiary/aromatic N) is 2. The molecule has 0 aliphatic carbocycles. The zero-order chi connectivity index (χ0) is 18.8. The minimum Gasteiger partial charge on any atom is -0.493 e. The van der Waals surface area contributed by atoms with Crippen molar-refractivity contribution in [1.29, 1.82) is 0 Å². The monoisotopic (exact) mass is 384 g/mol. The Labute approximate surface area is 165 Å². The summed E-state index contributed by atoms with van der Waals surface area (Å²) in [6.07, 6.45) is 0.959. The van der Waals surface area contributed by atoms with Crippen LogP contribution in [0.4, 0.5) is 0 Å². The highest BCUT2D eigenvalue weighted by Gasteiger charge is 2.32. The van der Waals surface area contributed by atoms with Gasteiger partial charge in [0.15, 0.2) is 11.5 Å². The number of hydrogen-bond acceptors (Lipinski definition) is 5. The Morgan fingerprint density at radius 1 is 1.07 bits per heavy atom. The lowest BCUT2D eigenvalue weighted by Gasteiger charge is -2.39. The minimum absolute atomic E-state index is 0.137. The lowest BCUT2D eigenvalue weighted by molar-refractivity contribution is 0.150. The maximum atomic E-state index is 5.58. The van der Waals surface area contributed by atoms with E-state index in [4.69, 9.17) is 26.4 Å². The molecule has 4 rings (SSSR count). The Morgan fingerprint density at radius 3 is 2.48 bits per heavy atom. The fraction of sp³-hybridized carbons (Fsp3) is 0.381. The summed E-state index contributed by atoms with van der Waals surface area (Å²) < 4.78 is 16.6. The first kappa shape index (κ1) is 18.1. The molecule has 2 aromatic rings. The number of hydrogen-bond donors (Lipinski definition) is 0. The molecule has 2 heterocycles. The average molecular weight is 385 g/mol. The van der Waals surface area contributed by atoms with E-state index in [9.17, 15) is 0 Å². The van der Waals surface area contributed by atoms with Gasteiger partial charge in [-0.3, -0.25) is 4.90 Å². The molecule has 0 N–H and O–H groups in total. The molecule has 2 aliphatic rings. The van der Waals surface area contributed by atoms with Crippen LogP contribution >= 0.6 is 12.2 Å². The summed E-state index contributed by atoms with van der Waals surface area (Å²) in [7, 11) is 3.37. The second-order valence-corrected chi connectivity index (χ2v) is 7.15. The first-order valence-corrected chi connectivity index (χ1v) is 9.57. The van der Waals surface area contributed by atoms with E-state index in [0.717, 1.165) is 37.7 Å². The minimum atomic E-state index is 0.137. The van der Waals surface area contributed by atoms with Gasteiger partial charge in [0.2, 0.25) is 0 Å². The standard InChI is InChI=1S/C21H24N2O3S/c1-24-18-12-16-8-9-22(14-23-10-11-26-21(23)27)20(15-6-4-3-5-7-15)17(16)13-19(18)25-2/h3-7,12-13,20H,8-11,14H2,1-2H3/t20-/m0/s1. The van der Waals surface area contributed by atoms with Gasteiger partial charge >= 0.3 is 0 Å². The predicted molar refractivity (Wildman–Crippen MR) is 108 cm³/mol. The quantitative estimate of drug-likeness (QED) is 0.737. The lowest BCUT2D eigenvalue weighted by atomic mass is 9.88. The van der Waals surface area contributed by atoms with Gasteiger partial charge in [-0.25, -0.2) is 0 Å². The maximum Gasteiger partial charge on any atom is 0.260 e. The van der Waals surface area contributed by atoms with Gasteiger partial charge in [0.05, 0.1) is 33.5 Å². The van der Waals surface area contributed by atoms with Crippen LogP contribution in [-0.4, -0.2) is 55.6 Å². The van der Waals surface area contributed by atoms with Crippen molar-refractivity contribution in [2.75, 3.05) is 40.6 Å². The van der Waals surface area contributed by atoms with E-state index in [1.165, 1.54) is 16.7 Å². The molecule has 0 aromatic heterocycles. The molecule has 0 saturated carbocycles. The van der Waals surface area contributed by atoms with Crippen molar-refractivity contribution in [3.8, 4) is 11.5 Å². The molecule has 0 radical (unpaired) electrons. The van der Waals surface area contributed by atoms with Gasteiger partial charge in [-0.1, -0.05) is 30.3 Å². The van der Waals surface area contributed by atoms with E-state index < -0.39 is 0 Å². The molecule has 1 saturated heterocycles. The van der Waals surface area contributed by atoms with E-state index in [1.54, 1.807) is 14.2 Å². The van der Waals surface area contributed by atoms with E-state index in [0.29, 0.717) is 11.8 Å². The Hall–Kier alpha value is -2.31. The van der Waals surface area contributed by atoms with E-state index in [2.05, 4.69) is 52.3 Å². The fourth-order valence-electron chi connectivity index (χ4n) is 3.95. The summed E-state index contributed by atoms with van der Waals surface area (Å²) in [5, 5.41) is 0.597. The number of ether oxygens (including phenoxy) is 3. The summed E-state index contributed by atoms with van der Waals surface area (Å²) in [6, 6.07) is 15.0. The largest absolute Gasteiger partial charge is 0.493 e. The van der Waals surface area contributed by atoms with Crippen molar-refractivity contribution in [2.24, 2.45) is 0 Å². The molecule has 1 fully saturated rings. The second-order valence-electron chi connectivity index (χ2n) is 6.80. The number of thiocarbonyl (C=S) groups is 1. The number of rotatable bonds is 5. The van der Waals surface area contributed by atoms with Crippen LogP contribution in [-0.2, 0) is 11.2 Å². The normalized spacial score (nSPS) is 19.6. The topological polar surface area (TPSA) is 34.2 Å². The number of fused-ring (bicyclic) bond motifs is 1. The molecule has 0 bridgehead atoms. The molecule has 27 heavy (non-hydrogen) atoms. The van der Waals surface area contributed by atoms with Crippen molar-refractivity contribution in [1.82, 2.24) is 9.80 Å². The van der Waals surface area contributed by atoms with Crippen LogP contribution in [0.2, 0.25) is 0 Å². The molecule has 142 valence electrons. The molecule has 1 atom stereocenters. The molecular weight excluding hydrogens is 360 g/mol. The van der Waals surface area contributed by atoms with Crippen LogP contribution in [0.25, 0.3) is 0 Å². The summed E-state index contributed by atoms with van der Waals surface area (Å²) in [4.78, 5) is 4.60. The Balaban J connectivity index is 1.75. The molecule has 6 heteroatoms. The Kier molecular flexibility index (Phi) is 5.18. The summed E-state index contributed by atoms with van der Waals surface area (Å²) in [5.74, 6) is 1.55. The van der Waals surface area contributed by atoms with Crippen LogP contribution in [0.3, 0.4) is 0 Å². The highest BCUT2D eigenvalue weighted by molar-refractivity contribution is 7.80. The lowest BCUT2D eigenvalue weighted by Crippen LogP contribution is -2.44. The SMILES string of the molecule is COc1cc2c(cc1OC)[C@H](c1ccccc1)N(CN1CCOC1=S)CC2. The van der Waals surface area contributed by atoms with Crippen LogP contribution in [0, 0.1) is 0 Å². The zero-order valence-corrected chi connectivity index (χ0v) is 16.5. The molecular formula is C21H24N2O3S. The third-order valence-electron chi connectivity index (χ3n) is 5.29. The van der Waals surface area contributed by atoms with Crippen LogP contribution in [0.5, 0.6) is 11.5 Å². The third kappa shape index (κ3) is 3.47. The van der Waals surface area contributed by atoms with Crippen LogP contribution in [0.15, 0.2) is 42.5 Å². The van der Waals surface area contributed by atoms with Gasteiger partial charge in [-0.2, -0.15) is 0 Å². The average Bonchev–Trinajstić information content (AvgIpc) is 3.11. The molecule has 0 unspecified atom stereocenters. The van der Waals surface area contributed by atoms with Crippen molar-refractivity contribution < 1.29 is 14.2 Å². The summed E-state index contributed by atoms with van der Waals surface area (Å²) in [6.45, 7) is 3.22. The van der Waals surface area contributed by atoms with Crippen LogP contribution in [0.1, 0.15) is 22.7 Å². The van der Waals surface area contributed by atoms with Gasteiger partial charge in [0, 0.05) is 6.54 Å². The van der Waals surface area contributed by atoms with E-state index in [-0.39, 0.29) is 6.04 Å².